The zero-order valence-electron chi connectivity index (χ0n) is 14.8. The smallest absolute Gasteiger partial charge is 0.254 e. The summed E-state index contributed by atoms with van der Waals surface area (Å²) < 4.78 is 36.1. The number of likely N-dealkylation sites (tertiary alicyclic amines) is 1. The first-order valence-corrected chi connectivity index (χ1v) is 10.1. The average molecular weight is 368 g/mol. The summed E-state index contributed by atoms with van der Waals surface area (Å²) in [7, 11) is -1.66. The van der Waals surface area contributed by atoms with Crippen molar-refractivity contribution in [3.63, 3.8) is 0 Å². The number of amides is 1. The number of hydrogen-bond acceptors (Lipinski definition) is 5. The van der Waals surface area contributed by atoms with Gasteiger partial charge in [0.05, 0.1) is 26.1 Å². The molecule has 8 heteroatoms. The number of aryl methyl sites for hydroxylation is 1. The van der Waals surface area contributed by atoms with E-state index in [1.807, 2.05) is 13.0 Å². The Morgan fingerprint density at radius 1 is 1.28 bits per heavy atom. The first kappa shape index (κ1) is 18.2. The average Bonchev–Trinajstić information content (AvgIpc) is 2.84. The molecule has 2 fully saturated rings. The highest BCUT2D eigenvalue weighted by Crippen LogP contribution is 2.27. The number of rotatable bonds is 3. The molecule has 2 saturated heterocycles. The van der Waals surface area contributed by atoms with Crippen LogP contribution in [0.4, 0.5) is 0 Å². The molecule has 0 bridgehead atoms. The van der Waals surface area contributed by atoms with E-state index in [2.05, 4.69) is 0 Å². The van der Waals surface area contributed by atoms with Crippen molar-refractivity contribution < 1.29 is 22.7 Å². The Hall–Kier alpha value is -1.64. The zero-order chi connectivity index (χ0) is 18.2. The van der Waals surface area contributed by atoms with E-state index in [-0.39, 0.29) is 17.9 Å². The first-order valence-electron chi connectivity index (χ1n) is 8.30. The largest absolute Gasteiger partial charge is 0.497 e. The molecule has 0 unspecified atom stereocenters. The van der Waals surface area contributed by atoms with Crippen molar-refractivity contribution in [2.45, 2.75) is 13.0 Å². The van der Waals surface area contributed by atoms with E-state index in [1.165, 1.54) is 10.6 Å². The minimum atomic E-state index is -3.26. The summed E-state index contributed by atoms with van der Waals surface area (Å²) in [6.45, 7) is 4.00. The molecule has 2 heterocycles. The highest BCUT2D eigenvalue weighted by molar-refractivity contribution is 7.88. The summed E-state index contributed by atoms with van der Waals surface area (Å²) in [5.74, 6) is 0.662. The number of fused-ring (bicyclic) bond motifs is 1. The van der Waals surface area contributed by atoms with E-state index in [1.54, 1.807) is 24.1 Å². The number of hydrogen-bond donors (Lipinski definition) is 0. The van der Waals surface area contributed by atoms with Crippen molar-refractivity contribution in [2.24, 2.45) is 5.92 Å². The summed E-state index contributed by atoms with van der Waals surface area (Å²) in [4.78, 5) is 14.6. The number of carbonyl (C=O) groups is 1. The van der Waals surface area contributed by atoms with Crippen molar-refractivity contribution >= 4 is 15.9 Å². The van der Waals surface area contributed by atoms with Gasteiger partial charge in [0.2, 0.25) is 10.0 Å². The molecular weight excluding hydrogens is 344 g/mol. The van der Waals surface area contributed by atoms with Crippen molar-refractivity contribution in [3.05, 3.63) is 29.3 Å². The van der Waals surface area contributed by atoms with Gasteiger partial charge in [0, 0.05) is 37.7 Å². The highest BCUT2D eigenvalue weighted by atomic mass is 32.2. The lowest BCUT2D eigenvalue weighted by Crippen LogP contribution is -2.37. The van der Waals surface area contributed by atoms with E-state index in [0.717, 1.165) is 5.56 Å². The van der Waals surface area contributed by atoms with Gasteiger partial charge in [0.15, 0.2) is 0 Å². The molecule has 2 aliphatic heterocycles. The van der Waals surface area contributed by atoms with Crippen LogP contribution in [0.2, 0.25) is 0 Å². The fourth-order valence-corrected chi connectivity index (χ4v) is 4.37. The SMILES string of the molecule is COc1ccc(C(=O)N2C[C@@H]3CN(S(C)(=O)=O)CCO[C@@H]3C2)c(C)c1. The van der Waals surface area contributed by atoms with Crippen LogP contribution in [0.25, 0.3) is 0 Å². The Kier molecular flexibility index (Phi) is 5.04. The molecular formula is C17H24N2O5S. The maximum absolute atomic E-state index is 12.9. The number of benzene rings is 1. The standard InChI is InChI=1S/C17H24N2O5S/c1-12-8-14(23-2)4-5-15(12)17(20)18-9-13-10-19(25(3,21)22)6-7-24-16(13)11-18/h4-5,8,13,16H,6-7,9-11H2,1-3H3/t13-,16-/m1/s1. The van der Waals surface area contributed by atoms with Crippen LogP contribution in [-0.4, -0.2) is 75.8 Å². The highest BCUT2D eigenvalue weighted by Gasteiger charge is 2.40. The van der Waals surface area contributed by atoms with E-state index in [0.29, 0.717) is 44.1 Å². The second kappa shape index (κ2) is 6.93. The molecule has 7 nitrogen and oxygen atoms in total. The topological polar surface area (TPSA) is 76.2 Å². The summed E-state index contributed by atoms with van der Waals surface area (Å²) >= 11 is 0. The van der Waals surface area contributed by atoms with E-state index < -0.39 is 10.0 Å². The normalized spacial score (nSPS) is 24.7. The maximum Gasteiger partial charge on any atom is 0.254 e. The number of sulfonamides is 1. The quantitative estimate of drug-likeness (QED) is 0.786. The van der Waals surface area contributed by atoms with Crippen LogP contribution in [0.15, 0.2) is 18.2 Å². The molecule has 2 aliphatic rings. The van der Waals surface area contributed by atoms with Gasteiger partial charge in [-0.05, 0) is 30.7 Å². The van der Waals surface area contributed by atoms with E-state index in [4.69, 9.17) is 9.47 Å². The predicted molar refractivity (Wildman–Crippen MR) is 93.3 cm³/mol. The third kappa shape index (κ3) is 3.80. The summed E-state index contributed by atoms with van der Waals surface area (Å²) in [5.41, 5.74) is 1.49. The van der Waals surface area contributed by atoms with Crippen LogP contribution in [0, 0.1) is 12.8 Å². The van der Waals surface area contributed by atoms with Crippen LogP contribution in [0.5, 0.6) is 5.75 Å². The van der Waals surface area contributed by atoms with Crippen LogP contribution in [0.3, 0.4) is 0 Å². The number of carbonyl (C=O) groups excluding carboxylic acids is 1. The third-order valence-electron chi connectivity index (χ3n) is 4.91. The van der Waals surface area contributed by atoms with Gasteiger partial charge in [0.25, 0.3) is 5.91 Å². The monoisotopic (exact) mass is 368 g/mol. The number of methoxy groups -OCH3 is 1. The molecule has 138 valence electrons. The molecule has 2 atom stereocenters. The summed E-state index contributed by atoms with van der Waals surface area (Å²) in [5, 5.41) is 0. The fourth-order valence-electron chi connectivity index (χ4n) is 3.50. The van der Waals surface area contributed by atoms with Crippen LogP contribution < -0.4 is 4.74 Å². The molecule has 1 aromatic carbocycles. The second-order valence-corrected chi connectivity index (χ2v) is 8.66. The lowest BCUT2D eigenvalue weighted by atomic mass is 10.1. The molecule has 1 aromatic rings. The lowest BCUT2D eigenvalue weighted by Gasteiger charge is -2.21. The van der Waals surface area contributed by atoms with Gasteiger partial charge in [-0.15, -0.1) is 0 Å². The second-order valence-electron chi connectivity index (χ2n) is 6.68. The van der Waals surface area contributed by atoms with E-state index >= 15 is 0 Å². The summed E-state index contributed by atoms with van der Waals surface area (Å²) in [6.07, 6.45) is 1.10. The molecule has 0 radical (unpaired) electrons. The lowest BCUT2D eigenvalue weighted by molar-refractivity contribution is 0.0491. The van der Waals surface area contributed by atoms with Crippen molar-refractivity contribution in [1.29, 1.82) is 0 Å². The van der Waals surface area contributed by atoms with Gasteiger partial charge < -0.3 is 14.4 Å². The van der Waals surface area contributed by atoms with Gasteiger partial charge >= 0.3 is 0 Å². The van der Waals surface area contributed by atoms with Crippen LogP contribution in [-0.2, 0) is 14.8 Å². The molecule has 0 aromatic heterocycles. The van der Waals surface area contributed by atoms with E-state index in [9.17, 15) is 13.2 Å². The maximum atomic E-state index is 12.9. The van der Waals surface area contributed by atoms with Crippen molar-refractivity contribution in [2.75, 3.05) is 46.2 Å². The zero-order valence-corrected chi connectivity index (χ0v) is 15.6. The predicted octanol–water partition coefficient (Wildman–Crippen LogP) is 0.736. The van der Waals surface area contributed by atoms with Crippen molar-refractivity contribution in [1.82, 2.24) is 9.21 Å². The Morgan fingerprint density at radius 2 is 2.04 bits per heavy atom. The number of nitrogens with zero attached hydrogens (tertiary/aromatic N) is 2. The fraction of sp³-hybridized carbons (Fsp3) is 0.588. The van der Waals surface area contributed by atoms with Crippen LogP contribution in [0.1, 0.15) is 15.9 Å². The Labute approximate surface area is 148 Å². The molecule has 0 saturated carbocycles. The minimum Gasteiger partial charge on any atom is -0.497 e. The molecule has 1 amide bonds. The molecule has 0 aliphatic carbocycles. The van der Waals surface area contributed by atoms with Gasteiger partial charge in [-0.2, -0.15) is 4.31 Å². The van der Waals surface area contributed by atoms with Gasteiger partial charge in [-0.3, -0.25) is 4.79 Å². The molecule has 0 N–H and O–H groups in total. The van der Waals surface area contributed by atoms with Gasteiger partial charge in [-0.1, -0.05) is 0 Å². The van der Waals surface area contributed by atoms with Gasteiger partial charge in [-0.25, -0.2) is 8.42 Å². The minimum absolute atomic E-state index is 0.000250. The Morgan fingerprint density at radius 3 is 2.68 bits per heavy atom. The number of ether oxygens (including phenoxy) is 2. The summed E-state index contributed by atoms with van der Waals surface area (Å²) in [6, 6.07) is 5.38. The Bertz CT molecular complexity index is 764. The molecule has 3 rings (SSSR count). The van der Waals surface area contributed by atoms with Crippen molar-refractivity contribution in [3.8, 4) is 5.75 Å². The van der Waals surface area contributed by atoms with Gasteiger partial charge in [0.1, 0.15) is 5.75 Å². The third-order valence-corrected chi connectivity index (χ3v) is 6.18. The molecule has 0 spiro atoms. The molecule has 25 heavy (non-hydrogen) atoms. The Balaban J connectivity index is 1.75. The first-order chi connectivity index (χ1) is 11.8. The van der Waals surface area contributed by atoms with Crippen LogP contribution >= 0.6 is 0 Å².